The molecule has 1 aliphatic heterocycles. The molecular formula is C21H23ClN4O2. The number of fused-ring (bicyclic) bond motifs is 1. The highest BCUT2D eigenvalue weighted by atomic mass is 35.5. The molecule has 1 atom stereocenters. The van der Waals surface area contributed by atoms with Crippen molar-refractivity contribution in [2.75, 3.05) is 24.6 Å². The third-order valence-corrected chi connectivity index (χ3v) is 5.54. The van der Waals surface area contributed by atoms with Crippen LogP contribution < -0.4 is 10.5 Å². The van der Waals surface area contributed by atoms with Crippen LogP contribution in [-0.4, -0.2) is 39.3 Å². The Morgan fingerprint density at radius 2 is 1.89 bits per heavy atom. The summed E-state index contributed by atoms with van der Waals surface area (Å²) in [4.78, 5) is 24.8. The van der Waals surface area contributed by atoms with Crippen molar-refractivity contribution in [2.24, 2.45) is 0 Å². The number of hydrogen-bond donors (Lipinski definition) is 1. The van der Waals surface area contributed by atoms with E-state index in [2.05, 4.69) is 9.88 Å². The zero-order chi connectivity index (χ0) is 19.7. The summed E-state index contributed by atoms with van der Waals surface area (Å²) in [7, 11) is 0. The summed E-state index contributed by atoms with van der Waals surface area (Å²) in [6.07, 6.45) is 4.93. The lowest BCUT2D eigenvalue weighted by Gasteiger charge is -2.29. The van der Waals surface area contributed by atoms with E-state index in [-0.39, 0.29) is 18.2 Å². The van der Waals surface area contributed by atoms with Gasteiger partial charge in [-0.25, -0.2) is 9.97 Å². The lowest BCUT2D eigenvalue weighted by atomic mass is 10.1. The quantitative estimate of drug-likeness (QED) is 0.726. The molecule has 1 aliphatic rings. The van der Waals surface area contributed by atoms with Crippen molar-refractivity contribution in [2.45, 2.75) is 32.2 Å². The normalized spacial score (nSPS) is 15.8. The lowest BCUT2D eigenvalue weighted by Crippen LogP contribution is -2.32. The van der Waals surface area contributed by atoms with Crippen molar-refractivity contribution in [3.05, 3.63) is 52.0 Å². The number of pyridine rings is 1. The fourth-order valence-electron chi connectivity index (χ4n) is 3.62. The molecule has 146 valence electrons. The number of halogens is 1. The minimum atomic E-state index is -0.338. The number of benzene rings is 1. The second kappa shape index (κ2) is 7.89. The Kier molecular flexibility index (Phi) is 5.33. The zero-order valence-corrected chi connectivity index (χ0v) is 16.6. The van der Waals surface area contributed by atoms with E-state index >= 15 is 0 Å². The molecule has 1 N–H and O–H groups in total. The molecule has 4 rings (SSSR count). The second-order valence-corrected chi connectivity index (χ2v) is 7.71. The van der Waals surface area contributed by atoms with Gasteiger partial charge in [0.05, 0.1) is 30.1 Å². The summed E-state index contributed by atoms with van der Waals surface area (Å²) in [6.45, 7) is 3.48. The summed E-state index contributed by atoms with van der Waals surface area (Å²) < 4.78 is 1.48. The number of aromatic nitrogens is 3. The Balaban J connectivity index is 1.95. The van der Waals surface area contributed by atoms with E-state index in [1.165, 1.54) is 17.3 Å². The number of aliphatic hydroxyl groups excluding tert-OH is 1. The molecule has 1 aromatic carbocycles. The monoisotopic (exact) mass is 398 g/mol. The van der Waals surface area contributed by atoms with Crippen LogP contribution >= 0.6 is 11.6 Å². The molecule has 3 heterocycles. The van der Waals surface area contributed by atoms with Crippen LogP contribution in [0.2, 0.25) is 5.02 Å². The molecule has 1 saturated heterocycles. The first kappa shape index (κ1) is 18.9. The smallest absolute Gasteiger partial charge is 0.261 e. The summed E-state index contributed by atoms with van der Waals surface area (Å²) in [5, 5.41) is 10.7. The summed E-state index contributed by atoms with van der Waals surface area (Å²) in [6, 6.07) is 8.90. The first-order valence-corrected chi connectivity index (χ1v) is 10.00. The highest BCUT2D eigenvalue weighted by Gasteiger charge is 2.20. The van der Waals surface area contributed by atoms with Gasteiger partial charge in [-0.1, -0.05) is 23.7 Å². The van der Waals surface area contributed by atoms with Crippen LogP contribution in [0.4, 0.5) is 5.82 Å². The van der Waals surface area contributed by atoms with Gasteiger partial charge in [-0.15, -0.1) is 0 Å². The SMILES string of the molecule is C[C@@H](CO)n1cnc2c(N3CCCCC3)nc(-c3ccc(Cl)cc3)cc2c1=O. The molecule has 7 heteroatoms. The van der Waals surface area contributed by atoms with Gasteiger partial charge in [0, 0.05) is 23.7 Å². The van der Waals surface area contributed by atoms with Gasteiger partial charge in [0.1, 0.15) is 5.52 Å². The van der Waals surface area contributed by atoms with Gasteiger partial charge in [-0.3, -0.25) is 9.36 Å². The molecule has 6 nitrogen and oxygen atoms in total. The second-order valence-electron chi connectivity index (χ2n) is 7.27. The Bertz CT molecular complexity index is 1040. The maximum absolute atomic E-state index is 13.1. The van der Waals surface area contributed by atoms with Gasteiger partial charge in [-0.2, -0.15) is 0 Å². The van der Waals surface area contributed by atoms with Gasteiger partial charge in [0.2, 0.25) is 0 Å². The zero-order valence-electron chi connectivity index (χ0n) is 15.8. The Morgan fingerprint density at radius 1 is 1.18 bits per heavy atom. The third-order valence-electron chi connectivity index (χ3n) is 5.29. The fourth-order valence-corrected chi connectivity index (χ4v) is 3.75. The highest BCUT2D eigenvalue weighted by molar-refractivity contribution is 6.30. The van der Waals surface area contributed by atoms with E-state index in [0.717, 1.165) is 43.0 Å². The number of piperidine rings is 1. The number of aliphatic hydroxyl groups is 1. The van der Waals surface area contributed by atoms with E-state index in [0.29, 0.717) is 15.9 Å². The van der Waals surface area contributed by atoms with E-state index in [9.17, 15) is 9.90 Å². The molecule has 1 fully saturated rings. The fraction of sp³-hybridized carbons (Fsp3) is 0.381. The number of hydrogen-bond acceptors (Lipinski definition) is 5. The molecule has 0 bridgehead atoms. The minimum absolute atomic E-state index is 0.124. The van der Waals surface area contributed by atoms with E-state index in [1.807, 2.05) is 24.3 Å². The van der Waals surface area contributed by atoms with E-state index in [4.69, 9.17) is 16.6 Å². The number of anilines is 1. The van der Waals surface area contributed by atoms with E-state index in [1.54, 1.807) is 13.0 Å². The Morgan fingerprint density at radius 3 is 2.57 bits per heavy atom. The van der Waals surface area contributed by atoms with E-state index < -0.39 is 0 Å². The number of nitrogens with zero attached hydrogens (tertiary/aromatic N) is 4. The predicted octanol–water partition coefficient (Wildman–Crippen LogP) is 3.66. The molecule has 3 aromatic rings. The minimum Gasteiger partial charge on any atom is -0.394 e. The molecule has 0 aliphatic carbocycles. The lowest BCUT2D eigenvalue weighted by molar-refractivity contribution is 0.236. The topological polar surface area (TPSA) is 71.2 Å². The number of rotatable bonds is 4. The van der Waals surface area contributed by atoms with Crippen LogP contribution in [0.3, 0.4) is 0 Å². The Labute approximate surface area is 168 Å². The van der Waals surface area contributed by atoms with Crippen LogP contribution in [0.1, 0.15) is 32.2 Å². The summed E-state index contributed by atoms with van der Waals surface area (Å²) >= 11 is 6.03. The molecule has 0 saturated carbocycles. The molecule has 28 heavy (non-hydrogen) atoms. The van der Waals surface area contributed by atoms with Crippen molar-refractivity contribution in [3.8, 4) is 11.3 Å². The largest absolute Gasteiger partial charge is 0.394 e. The van der Waals surface area contributed by atoms with Gasteiger partial charge in [0.25, 0.3) is 5.56 Å². The standard InChI is InChI=1S/C21H23ClN4O2/c1-14(12-27)26-13-23-19-17(21(26)28)11-18(15-5-7-16(22)8-6-15)24-20(19)25-9-3-2-4-10-25/h5-8,11,13-14,27H,2-4,9-10,12H2,1H3/t14-/m0/s1. The molecule has 0 unspecified atom stereocenters. The van der Waals surface area contributed by atoms with Gasteiger partial charge < -0.3 is 10.0 Å². The first-order valence-electron chi connectivity index (χ1n) is 9.62. The molecule has 0 amide bonds. The van der Waals surface area contributed by atoms with Crippen LogP contribution in [0.5, 0.6) is 0 Å². The maximum Gasteiger partial charge on any atom is 0.261 e. The summed E-state index contributed by atoms with van der Waals surface area (Å²) in [5.41, 5.74) is 2.07. The van der Waals surface area contributed by atoms with Gasteiger partial charge >= 0.3 is 0 Å². The van der Waals surface area contributed by atoms with Crippen molar-refractivity contribution >= 4 is 28.3 Å². The van der Waals surface area contributed by atoms with Crippen LogP contribution in [0, 0.1) is 0 Å². The van der Waals surface area contributed by atoms with Crippen LogP contribution in [0.25, 0.3) is 22.2 Å². The molecule has 0 radical (unpaired) electrons. The Hall–Kier alpha value is -2.44. The van der Waals surface area contributed by atoms with Crippen molar-refractivity contribution in [1.29, 1.82) is 0 Å². The van der Waals surface area contributed by atoms with Crippen molar-refractivity contribution < 1.29 is 5.11 Å². The molecule has 2 aromatic heterocycles. The van der Waals surface area contributed by atoms with Crippen molar-refractivity contribution in [1.82, 2.24) is 14.5 Å². The highest BCUT2D eigenvalue weighted by Crippen LogP contribution is 2.29. The molecular weight excluding hydrogens is 376 g/mol. The first-order chi connectivity index (χ1) is 13.6. The average molecular weight is 399 g/mol. The summed E-state index contributed by atoms with van der Waals surface area (Å²) in [5.74, 6) is 0.753. The average Bonchev–Trinajstić information content (AvgIpc) is 2.74. The third kappa shape index (κ3) is 3.50. The van der Waals surface area contributed by atoms with Gasteiger partial charge in [0.15, 0.2) is 5.82 Å². The van der Waals surface area contributed by atoms with Crippen molar-refractivity contribution in [3.63, 3.8) is 0 Å². The maximum atomic E-state index is 13.1. The molecule has 0 spiro atoms. The van der Waals surface area contributed by atoms with Crippen LogP contribution in [0.15, 0.2) is 41.5 Å². The van der Waals surface area contributed by atoms with Gasteiger partial charge in [-0.05, 0) is 44.4 Å². The van der Waals surface area contributed by atoms with Crippen LogP contribution in [-0.2, 0) is 0 Å². The predicted molar refractivity (Wildman–Crippen MR) is 112 cm³/mol.